The molecule has 0 bridgehead atoms. The molecular weight excluding hydrogens is 188 g/mol. The predicted octanol–water partition coefficient (Wildman–Crippen LogP) is 1.45. The minimum Gasteiger partial charge on any atom is -0.398 e. The number of hydrogen-bond acceptors (Lipinski definition) is 3. The van der Waals surface area contributed by atoms with Crippen LogP contribution in [0.1, 0.15) is 16.8 Å². The first-order valence-electron chi connectivity index (χ1n) is 3.93. The highest BCUT2D eigenvalue weighted by atomic mass is 35.5. The molecule has 0 spiro atoms. The molecule has 1 rings (SSSR count). The number of hydrogen-bond donors (Lipinski definition) is 2. The fraction of sp³-hybridized carbons (Fsp3) is 0.222. The van der Waals surface area contributed by atoms with Gasteiger partial charge in [-0.1, -0.05) is 11.6 Å². The number of carbonyl (C=O) groups excluding carboxylic acids is 1. The number of anilines is 1. The summed E-state index contributed by atoms with van der Waals surface area (Å²) in [6.07, 6.45) is 0.296. The lowest BCUT2D eigenvalue weighted by molar-refractivity contribution is 0.0986. The summed E-state index contributed by atoms with van der Waals surface area (Å²) in [5, 5.41) is 0.509. The van der Waals surface area contributed by atoms with Gasteiger partial charge in [0, 0.05) is 22.7 Å². The van der Waals surface area contributed by atoms with Gasteiger partial charge in [0.15, 0.2) is 5.78 Å². The van der Waals surface area contributed by atoms with Crippen LogP contribution in [-0.2, 0) is 0 Å². The topological polar surface area (TPSA) is 69.1 Å². The van der Waals surface area contributed by atoms with Gasteiger partial charge in [-0.25, -0.2) is 0 Å². The van der Waals surface area contributed by atoms with Crippen LogP contribution in [0.15, 0.2) is 18.2 Å². The van der Waals surface area contributed by atoms with Crippen LogP contribution in [0, 0.1) is 0 Å². The van der Waals surface area contributed by atoms with Gasteiger partial charge in [-0.2, -0.15) is 0 Å². The van der Waals surface area contributed by atoms with Gasteiger partial charge >= 0.3 is 0 Å². The Morgan fingerprint density at radius 1 is 1.46 bits per heavy atom. The largest absolute Gasteiger partial charge is 0.398 e. The molecule has 0 radical (unpaired) electrons. The molecule has 0 aliphatic carbocycles. The van der Waals surface area contributed by atoms with E-state index in [1.807, 2.05) is 0 Å². The van der Waals surface area contributed by atoms with Crippen molar-refractivity contribution < 1.29 is 4.79 Å². The molecule has 0 aliphatic rings. The zero-order chi connectivity index (χ0) is 9.84. The third kappa shape index (κ3) is 2.44. The molecule has 70 valence electrons. The van der Waals surface area contributed by atoms with E-state index in [1.165, 1.54) is 0 Å². The second kappa shape index (κ2) is 4.25. The van der Waals surface area contributed by atoms with E-state index >= 15 is 0 Å². The number of benzene rings is 1. The van der Waals surface area contributed by atoms with Crippen molar-refractivity contribution in [1.82, 2.24) is 0 Å². The molecule has 0 heterocycles. The third-order valence-electron chi connectivity index (χ3n) is 1.69. The Morgan fingerprint density at radius 3 is 2.77 bits per heavy atom. The molecule has 0 atom stereocenters. The maximum atomic E-state index is 11.4. The second-order valence-electron chi connectivity index (χ2n) is 2.69. The first kappa shape index (κ1) is 10.0. The van der Waals surface area contributed by atoms with E-state index in [0.29, 0.717) is 29.2 Å². The van der Waals surface area contributed by atoms with E-state index in [9.17, 15) is 4.79 Å². The molecule has 4 heteroatoms. The van der Waals surface area contributed by atoms with Crippen LogP contribution in [0.5, 0.6) is 0 Å². The SMILES string of the molecule is NCCC(=O)c1cc(Cl)ccc1N. The Morgan fingerprint density at radius 2 is 2.15 bits per heavy atom. The number of Topliss-reactive ketones (excluding diaryl/α,β-unsaturated/α-hetero) is 1. The van der Waals surface area contributed by atoms with Crippen molar-refractivity contribution in [2.24, 2.45) is 5.73 Å². The lowest BCUT2D eigenvalue weighted by Crippen LogP contribution is -2.10. The number of rotatable bonds is 3. The van der Waals surface area contributed by atoms with Crippen molar-refractivity contribution in [2.45, 2.75) is 6.42 Å². The summed E-state index contributed by atoms with van der Waals surface area (Å²) in [4.78, 5) is 11.4. The lowest BCUT2D eigenvalue weighted by Gasteiger charge is -2.03. The highest BCUT2D eigenvalue weighted by molar-refractivity contribution is 6.31. The van der Waals surface area contributed by atoms with Crippen molar-refractivity contribution in [3.63, 3.8) is 0 Å². The average Bonchev–Trinajstić information content (AvgIpc) is 2.09. The Balaban J connectivity index is 2.99. The summed E-state index contributed by atoms with van der Waals surface area (Å²) in [5.74, 6) is -0.0671. The van der Waals surface area contributed by atoms with Crippen molar-refractivity contribution in [3.8, 4) is 0 Å². The number of nitrogen functional groups attached to an aromatic ring is 1. The smallest absolute Gasteiger partial charge is 0.166 e. The number of carbonyl (C=O) groups is 1. The maximum absolute atomic E-state index is 11.4. The second-order valence-corrected chi connectivity index (χ2v) is 3.13. The van der Waals surface area contributed by atoms with Crippen molar-refractivity contribution in [1.29, 1.82) is 0 Å². The molecule has 4 N–H and O–H groups in total. The van der Waals surface area contributed by atoms with E-state index in [1.54, 1.807) is 18.2 Å². The Hall–Kier alpha value is -1.06. The molecule has 1 aromatic carbocycles. The third-order valence-corrected chi connectivity index (χ3v) is 1.92. The number of halogens is 1. The van der Waals surface area contributed by atoms with Gasteiger partial charge in [0.2, 0.25) is 0 Å². The fourth-order valence-corrected chi connectivity index (χ4v) is 1.21. The first-order valence-corrected chi connectivity index (χ1v) is 4.31. The van der Waals surface area contributed by atoms with Crippen LogP contribution in [-0.4, -0.2) is 12.3 Å². The fourth-order valence-electron chi connectivity index (χ4n) is 1.04. The van der Waals surface area contributed by atoms with Gasteiger partial charge in [0.1, 0.15) is 0 Å². The van der Waals surface area contributed by atoms with Gasteiger partial charge in [0.05, 0.1) is 0 Å². The molecule has 0 fully saturated rings. The van der Waals surface area contributed by atoms with Crippen molar-refractivity contribution in [2.75, 3.05) is 12.3 Å². The van der Waals surface area contributed by atoms with Gasteiger partial charge in [-0.15, -0.1) is 0 Å². The van der Waals surface area contributed by atoms with E-state index < -0.39 is 0 Å². The first-order chi connectivity index (χ1) is 6.15. The van der Waals surface area contributed by atoms with Gasteiger partial charge in [-0.05, 0) is 24.7 Å². The van der Waals surface area contributed by atoms with Gasteiger partial charge in [-0.3, -0.25) is 4.79 Å². The van der Waals surface area contributed by atoms with Crippen LogP contribution in [0.25, 0.3) is 0 Å². The van der Waals surface area contributed by atoms with E-state index in [2.05, 4.69) is 0 Å². The molecule has 0 aliphatic heterocycles. The van der Waals surface area contributed by atoms with E-state index in [-0.39, 0.29) is 5.78 Å². The van der Waals surface area contributed by atoms with Crippen LogP contribution in [0.4, 0.5) is 5.69 Å². The highest BCUT2D eigenvalue weighted by Crippen LogP contribution is 2.18. The van der Waals surface area contributed by atoms with Crippen LogP contribution in [0.2, 0.25) is 5.02 Å². The minimum absolute atomic E-state index is 0.0671. The molecular formula is C9H11ClN2O. The predicted molar refractivity (Wildman–Crippen MR) is 53.9 cm³/mol. The Bertz CT molecular complexity index is 325. The average molecular weight is 199 g/mol. The lowest BCUT2D eigenvalue weighted by atomic mass is 10.1. The minimum atomic E-state index is -0.0671. The maximum Gasteiger partial charge on any atom is 0.166 e. The summed E-state index contributed by atoms with van der Waals surface area (Å²) in [7, 11) is 0. The Kier molecular flexibility index (Phi) is 3.28. The van der Waals surface area contributed by atoms with Crippen molar-refractivity contribution in [3.05, 3.63) is 28.8 Å². The molecule has 1 aromatic rings. The number of nitrogens with two attached hydrogens (primary N) is 2. The molecule has 0 amide bonds. The van der Waals surface area contributed by atoms with Crippen LogP contribution >= 0.6 is 11.6 Å². The number of ketones is 1. The van der Waals surface area contributed by atoms with Crippen LogP contribution < -0.4 is 11.5 Å². The van der Waals surface area contributed by atoms with Gasteiger partial charge in [0.25, 0.3) is 0 Å². The molecule has 13 heavy (non-hydrogen) atoms. The monoisotopic (exact) mass is 198 g/mol. The molecule has 0 aromatic heterocycles. The van der Waals surface area contributed by atoms with Crippen molar-refractivity contribution >= 4 is 23.1 Å². The summed E-state index contributed by atoms with van der Waals surface area (Å²) in [5.41, 5.74) is 11.8. The zero-order valence-corrected chi connectivity index (χ0v) is 7.84. The highest BCUT2D eigenvalue weighted by Gasteiger charge is 2.08. The summed E-state index contributed by atoms with van der Waals surface area (Å²) >= 11 is 5.72. The standard InChI is InChI=1S/C9H11ClN2O/c10-6-1-2-8(12)7(5-6)9(13)3-4-11/h1-2,5H,3-4,11-12H2. The van der Waals surface area contributed by atoms with Gasteiger partial charge < -0.3 is 11.5 Å². The summed E-state index contributed by atoms with van der Waals surface area (Å²) < 4.78 is 0. The molecule has 0 saturated carbocycles. The Labute approximate surface area is 81.7 Å². The van der Waals surface area contributed by atoms with E-state index in [4.69, 9.17) is 23.1 Å². The molecule has 0 unspecified atom stereocenters. The normalized spacial score (nSPS) is 10.0. The zero-order valence-electron chi connectivity index (χ0n) is 7.09. The summed E-state index contributed by atoms with van der Waals surface area (Å²) in [6, 6.07) is 4.83. The van der Waals surface area contributed by atoms with Crippen LogP contribution in [0.3, 0.4) is 0 Å². The quantitative estimate of drug-likeness (QED) is 0.571. The van der Waals surface area contributed by atoms with E-state index in [0.717, 1.165) is 0 Å². The molecule has 3 nitrogen and oxygen atoms in total. The summed E-state index contributed by atoms with van der Waals surface area (Å²) in [6.45, 7) is 0.324. The molecule has 0 saturated heterocycles.